The molecule has 3 unspecified atom stereocenters. The summed E-state index contributed by atoms with van der Waals surface area (Å²) in [4.78, 5) is 47.6. The quantitative estimate of drug-likeness (QED) is 0.0187. The van der Waals surface area contributed by atoms with Crippen LogP contribution in [0.5, 0.6) is 0 Å². The van der Waals surface area contributed by atoms with Crippen molar-refractivity contribution in [3.8, 4) is 0 Å². The van der Waals surface area contributed by atoms with Crippen molar-refractivity contribution in [3.63, 3.8) is 0 Å². The first-order valence-electron chi connectivity index (χ1n) is 25.0. The van der Waals surface area contributed by atoms with Gasteiger partial charge in [-0.25, -0.2) is 13.7 Å². The SMILES string of the molecule is C=C(C)C(=O)OCC[N+](C)(C)C.CPn1cc(CCCCCCCCCOC(=O)C(C)(C)Br)nn1.CPn1cc(CCCCCCCCCOC(=O)C(C)(C)CC(C)(Br)C(=O)OCC[N+](C)(C)C)nn1.[Cl-].[Cl-].[V].[V]. The van der Waals surface area contributed by atoms with Crippen LogP contribution < -0.4 is 24.8 Å². The van der Waals surface area contributed by atoms with Crippen LogP contribution in [0.1, 0.15) is 149 Å². The topological polar surface area (TPSA) is 167 Å². The molecule has 0 fully saturated rings. The predicted octanol–water partition coefficient (Wildman–Crippen LogP) is 4.14. The molecule has 2 rings (SSSR count). The molecule has 3 atom stereocenters. The summed E-state index contributed by atoms with van der Waals surface area (Å²) < 4.78 is 24.9. The molecule has 24 heteroatoms. The second-order valence-corrected chi connectivity index (χ2v) is 26.8. The number of esters is 4. The number of carbonyl (C=O) groups is 4. The third-order valence-electron chi connectivity index (χ3n) is 10.7. The van der Waals surface area contributed by atoms with E-state index in [4.69, 9.17) is 18.9 Å². The molecular weight excluding hydrogens is 1240 g/mol. The minimum Gasteiger partial charge on any atom is -1.00 e. The van der Waals surface area contributed by atoms with Gasteiger partial charge >= 0.3 is 23.9 Å². The zero-order valence-corrected chi connectivity index (χ0v) is 56.9. The molecule has 0 aliphatic heterocycles. The molecule has 16 nitrogen and oxygen atoms in total. The van der Waals surface area contributed by atoms with Crippen LogP contribution in [-0.2, 0) is 88.1 Å². The van der Waals surface area contributed by atoms with Gasteiger partial charge in [0, 0.05) is 60.1 Å². The predicted molar refractivity (Wildman–Crippen MR) is 295 cm³/mol. The summed E-state index contributed by atoms with van der Waals surface area (Å²) >= 11 is 6.78. The Balaban J connectivity index is -0.000000351. The van der Waals surface area contributed by atoms with Gasteiger partial charge in [0.05, 0.1) is 84.7 Å². The molecule has 74 heavy (non-hydrogen) atoms. The minimum atomic E-state index is -0.937. The number of halogens is 4. The van der Waals surface area contributed by atoms with Gasteiger partial charge in [0.1, 0.15) is 35.0 Å². The number of hydrogen-bond donors (Lipinski definition) is 0. The average Bonchev–Trinajstić information content (AvgIpc) is 3.93. The minimum absolute atomic E-state index is 0. The van der Waals surface area contributed by atoms with Gasteiger partial charge in [-0.1, -0.05) is 113 Å². The van der Waals surface area contributed by atoms with Crippen molar-refractivity contribution in [2.75, 3.05) is 95.1 Å². The number of unbranched alkanes of at least 4 members (excludes halogenated alkanes) is 12. The molecule has 0 bridgehead atoms. The van der Waals surface area contributed by atoms with Gasteiger partial charge in [-0.3, -0.25) is 14.4 Å². The summed E-state index contributed by atoms with van der Waals surface area (Å²) in [5.74, 6) is -1.11. The maximum atomic E-state index is 12.6. The summed E-state index contributed by atoms with van der Waals surface area (Å²) in [6, 6.07) is 0. The van der Waals surface area contributed by atoms with E-state index >= 15 is 0 Å². The number of carbonyl (C=O) groups excluding carboxylic acids is 4. The summed E-state index contributed by atoms with van der Waals surface area (Å²) in [5.41, 5.74) is 1.86. The number of nitrogens with zero attached hydrogens (tertiary/aromatic N) is 8. The summed E-state index contributed by atoms with van der Waals surface area (Å²) in [6.45, 7) is 21.6. The normalized spacial score (nSPS) is 12.3. The Morgan fingerprint density at radius 3 is 1.24 bits per heavy atom. The molecule has 0 aliphatic rings. The van der Waals surface area contributed by atoms with E-state index in [9.17, 15) is 19.2 Å². The number of aryl methyl sites for hydroxylation is 2. The molecule has 2 radical (unpaired) electrons. The standard InChI is InChI=1S/C25H47BrN4O4P.C16H29BrN3O2P.C9H18NO2.2ClH.2V/c1-24(2,20-25(3,26)23(32)34-18-16-30(4,5)6)22(31)33-17-14-12-10-8-9-11-13-15-21-19-29(35-7)28-27-21;1-16(2,17)15(21)22-12-10-8-6-4-5-7-9-11-14-13-20(23-3)19-18-14;1-8(2)9(11)12-7-6-10(3,4)5;;;;/h19,35H,8-18,20H2,1-7H3;13,23H,4-12H2,1-3H3;1,6-7H2,2-5H3;2*1H;;/q+1;;+1;;;;/p-2. The third-order valence-corrected chi connectivity index (χ3v) is 13.0. The number of rotatable bonds is 34. The second-order valence-electron chi connectivity index (χ2n) is 21.3. The van der Waals surface area contributed by atoms with E-state index in [1.807, 2.05) is 56.3 Å². The van der Waals surface area contributed by atoms with Crippen LogP contribution in [0.25, 0.3) is 0 Å². The van der Waals surface area contributed by atoms with Crippen LogP contribution in [0.3, 0.4) is 0 Å². The maximum Gasteiger partial charge on any atom is 0.333 e. The van der Waals surface area contributed by atoms with Gasteiger partial charge in [-0.15, -0.1) is 10.2 Å². The Kier molecular flexibility index (Phi) is 49.1. The van der Waals surface area contributed by atoms with Crippen molar-refractivity contribution >= 4 is 73.2 Å². The summed E-state index contributed by atoms with van der Waals surface area (Å²) in [6.07, 6.45) is 22.5. The molecule has 430 valence electrons. The Labute approximate surface area is 503 Å². The van der Waals surface area contributed by atoms with Gasteiger partial charge in [0.2, 0.25) is 0 Å². The number of quaternary nitrogens is 2. The fraction of sp³-hybridized carbons (Fsp3) is 0.800. The molecule has 0 saturated heterocycles. The van der Waals surface area contributed by atoms with Gasteiger partial charge in [0.25, 0.3) is 0 Å². The van der Waals surface area contributed by atoms with Crippen LogP contribution in [0.4, 0.5) is 0 Å². The molecule has 2 aromatic rings. The number of ether oxygens (including phenoxy) is 4. The van der Waals surface area contributed by atoms with E-state index in [0.29, 0.717) is 60.4 Å². The smallest absolute Gasteiger partial charge is 0.333 e. The monoisotopic (exact) mass is 1330 g/mol. The zero-order chi connectivity index (χ0) is 53.4. The molecule has 0 amide bonds. The number of alkyl halides is 2. The van der Waals surface area contributed by atoms with Gasteiger partial charge in [-0.05, 0) is 99.8 Å². The van der Waals surface area contributed by atoms with E-state index in [1.165, 1.54) is 51.4 Å². The largest absolute Gasteiger partial charge is 1.00 e. The Bertz CT molecular complexity index is 1820. The van der Waals surface area contributed by atoms with Crippen LogP contribution >= 0.6 is 49.3 Å². The van der Waals surface area contributed by atoms with Crippen LogP contribution in [-0.4, -0.2) is 166 Å². The molecule has 0 saturated carbocycles. The van der Waals surface area contributed by atoms with Crippen molar-refractivity contribution < 1.29 is 109 Å². The second kappa shape index (κ2) is 44.2. The van der Waals surface area contributed by atoms with Crippen molar-refractivity contribution in [2.24, 2.45) is 5.41 Å². The number of hydrogen-bond acceptors (Lipinski definition) is 12. The van der Waals surface area contributed by atoms with Crippen molar-refractivity contribution in [1.29, 1.82) is 0 Å². The molecule has 0 N–H and O–H groups in total. The Morgan fingerprint density at radius 1 is 0.568 bits per heavy atom. The Hall–Kier alpha value is -0.611. The first-order valence-corrected chi connectivity index (χ1v) is 29.5. The molecule has 2 aromatic heterocycles. The van der Waals surface area contributed by atoms with E-state index in [2.05, 4.69) is 93.5 Å². The average molecular weight is 1330 g/mol. The summed E-state index contributed by atoms with van der Waals surface area (Å²) in [5, 5.41) is 16.5. The third kappa shape index (κ3) is 44.3. The number of likely N-dealkylation sites (N-methyl/N-ethyl adjacent to an activating group) is 2. The van der Waals surface area contributed by atoms with Crippen molar-refractivity contribution in [3.05, 3.63) is 35.9 Å². The Morgan fingerprint density at radius 2 is 0.905 bits per heavy atom. The van der Waals surface area contributed by atoms with Crippen molar-refractivity contribution in [1.82, 2.24) is 29.5 Å². The molecule has 2 heterocycles. The number of aromatic nitrogens is 6. The van der Waals surface area contributed by atoms with Crippen LogP contribution in [0, 0.1) is 5.41 Å². The summed E-state index contributed by atoms with van der Waals surface area (Å²) in [7, 11) is 13.6. The molecule has 0 aromatic carbocycles. The zero-order valence-electron chi connectivity index (χ0n) is 47.4. The first kappa shape index (κ1) is 82.2. The van der Waals surface area contributed by atoms with Crippen LogP contribution in [0.2, 0.25) is 0 Å². The fourth-order valence-corrected chi connectivity index (χ4v) is 8.15. The first-order chi connectivity index (χ1) is 32.5. The van der Waals surface area contributed by atoms with E-state index in [0.717, 1.165) is 80.3 Å². The molecule has 0 spiro atoms. The van der Waals surface area contributed by atoms with E-state index < -0.39 is 14.1 Å². The maximum absolute atomic E-state index is 12.6. The van der Waals surface area contributed by atoms with Crippen LogP contribution in [0.15, 0.2) is 24.5 Å². The van der Waals surface area contributed by atoms with Gasteiger partial charge in [-0.2, -0.15) is 0 Å². The van der Waals surface area contributed by atoms with E-state index in [-0.39, 0.29) is 85.8 Å². The van der Waals surface area contributed by atoms with Gasteiger partial charge < -0.3 is 52.7 Å². The fourth-order valence-electron chi connectivity index (χ4n) is 6.40. The van der Waals surface area contributed by atoms with E-state index in [1.54, 1.807) is 27.7 Å². The molecule has 0 aliphatic carbocycles. The van der Waals surface area contributed by atoms with Gasteiger partial charge in [0.15, 0.2) is 0 Å². The molecular formula is C50H94Br2Cl2N8O8P2V2. The van der Waals surface area contributed by atoms with Crippen molar-refractivity contribution in [2.45, 2.75) is 159 Å².